The Morgan fingerprint density at radius 2 is 1.74 bits per heavy atom. The first-order valence-corrected chi connectivity index (χ1v) is 9.80. The molecule has 1 atom stereocenters. The summed E-state index contributed by atoms with van der Waals surface area (Å²) in [4.78, 5) is 4.82. The van der Waals surface area contributed by atoms with E-state index in [1.54, 1.807) is 12.1 Å². The van der Waals surface area contributed by atoms with E-state index in [2.05, 4.69) is 23.6 Å². The van der Waals surface area contributed by atoms with Crippen molar-refractivity contribution in [3.8, 4) is 11.3 Å². The van der Waals surface area contributed by atoms with Gasteiger partial charge in [0.2, 0.25) is 0 Å². The van der Waals surface area contributed by atoms with Crippen LogP contribution in [0.5, 0.6) is 0 Å². The first-order valence-electron chi connectivity index (χ1n) is 9.80. The molecule has 2 aromatic carbocycles. The molecule has 4 heteroatoms. The van der Waals surface area contributed by atoms with Gasteiger partial charge >= 0.3 is 0 Å². The molecule has 0 saturated carbocycles. The summed E-state index contributed by atoms with van der Waals surface area (Å²) >= 11 is 0. The summed E-state index contributed by atoms with van der Waals surface area (Å²) < 4.78 is 15.4. The molecule has 0 saturated heterocycles. The summed E-state index contributed by atoms with van der Waals surface area (Å²) in [6, 6.07) is 16.7. The van der Waals surface area contributed by atoms with Gasteiger partial charge in [0.15, 0.2) is 0 Å². The number of rotatable bonds is 9. The maximum Gasteiger partial charge on any atom is 0.126 e. The smallest absolute Gasteiger partial charge is 0.126 e. The highest BCUT2D eigenvalue weighted by atomic mass is 19.1. The summed E-state index contributed by atoms with van der Waals surface area (Å²) in [6.45, 7) is 2.94. The van der Waals surface area contributed by atoms with Gasteiger partial charge in [-0.3, -0.25) is 0 Å². The summed E-state index contributed by atoms with van der Waals surface area (Å²) in [5.41, 5.74) is 9.46. The lowest BCUT2D eigenvalue weighted by Gasteiger charge is -2.14. The Morgan fingerprint density at radius 1 is 1.00 bits per heavy atom. The van der Waals surface area contributed by atoms with Crippen molar-refractivity contribution in [2.45, 2.75) is 51.6 Å². The summed E-state index contributed by atoms with van der Waals surface area (Å²) in [5, 5.41) is 0. The van der Waals surface area contributed by atoms with Gasteiger partial charge in [-0.15, -0.1) is 0 Å². The van der Waals surface area contributed by atoms with Gasteiger partial charge in [-0.25, -0.2) is 9.37 Å². The number of hydrogen-bond acceptors (Lipinski definition) is 2. The topological polar surface area (TPSA) is 43.8 Å². The van der Waals surface area contributed by atoms with Crippen molar-refractivity contribution in [2.24, 2.45) is 5.73 Å². The number of nitrogens with two attached hydrogens (primary N) is 1. The number of unbranched alkanes of at least 4 members (excludes halogenated alkanes) is 3. The second-order valence-electron chi connectivity index (χ2n) is 7.06. The minimum absolute atomic E-state index is 0.0974. The Balaban J connectivity index is 1.85. The third-order valence-corrected chi connectivity index (χ3v) is 4.84. The van der Waals surface area contributed by atoms with Crippen LogP contribution < -0.4 is 5.73 Å². The lowest BCUT2D eigenvalue weighted by atomic mass is 10.1. The fraction of sp³-hybridized carbons (Fsp3) is 0.348. The van der Waals surface area contributed by atoms with Crippen molar-refractivity contribution in [1.29, 1.82) is 0 Å². The second kappa shape index (κ2) is 9.47. The average molecular weight is 365 g/mol. The lowest BCUT2D eigenvalue weighted by Crippen LogP contribution is -2.17. The van der Waals surface area contributed by atoms with E-state index >= 15 is 0 Å². The SMILES string of the molecule is CCCCCCC(N)c1nc(-c2ccc(F)cc2)cn1Cc1ccccc1. The van der Waals surface area contributed by atoms with Crippen LogP contribution >= 0.6 is 0 Å². The fourth-order valence-corrected chi connectivity index (χ4v) is 3.31. The molecule has 27 heavy (non-hydrogen) atoms. The Labute approximate surface area is 161 Å². The molecule has 0 bridgehead atoms. The van der Waals surface area contributed by atoms with E-state index in [0.29, 0.717) is 0 Å². The van der Waals surface area contributed by atoms with Crippen LogP contribution in [0.3, 0.4) is 0 Å². The molecule has 0 radical (unpaired) electrons. The van der Waals surface area contributed by atoms with Crippen molar-refractivity contribution in [1.82, 2.24) is 9.55 Å². The minimum atomic E-state index is -0.240. The van der Waals surface area contributed by atoms with Gasteiger partial charge in [-0.2, -0.15) is 0 Å². The van der Waals surface area contributed by atoms with Crippen LogP contribution in [0.25, 0.3) is 11.3 Å². The minimum Gasteiger partial charge on any atom is -0.329 e. The second-order valence-corrected chi connectivity index (χ2v) is 7.06. The van der Waals surface area contributed by atoms with Crippen LogP contribution in [-0.4, -0.2) is 9.55 Å². The molecule has 1 heterocycles. The zero-order valence-electron chi connectivity index (χ0n) is 15.9. The van der Waals surface area contributed by atoms with Crippen molar-refractivity contribution in [2.75, 3.05) is 0 Å². The van der Waals surface area contributed by atoms with Gasteiger partial charge in [0.05, 0.1) is 11.7 Å². The van der Waals surface area contributed by atoms with Gasteiger partial charge in [0.1, 0.15) is 11.6 Å². The lowest BCUT2D eigenvalue weighted by molar-refractivity contribution is 0.527. The Bertz CT molecular complexity index is 825. The van der Waals surface area contributed by atoms with Gasteiger partial charge in [-0.1, -0.05) is 62.9 Å². The Hall–Kier alpha value is -2.46. The van der Waals surface area contributed by atoms with E-state index in [-0.39, 0.29) is 11.9 Å². The zero-order valence-corrected chi connectivity index (χ0v) is 15.9. The van der Waals surface area contributed by atoms with Crippen molar-refractivity contribution < 1.29 is 4.39 Å². The quantitative estimate of drug-likeness (QED) is 0.494. The van der Waals surface area contributed by atoms with E-state index in [1.165, 1.54) is 37.0 Å². The highest BCUT2D eigenvalue weighted by Gasteiger charge is 2.16. The van der Waals surface area contributed by atoms with Crippen LogP contribution in [0, 0.1) is 5.82 Å². The Morgan fingerprint density at radius 3 is 2.44 bits per heavy atom. The van der Waals surface area contributed by atoms with Crippen LogP contribution in [0.4, 0.5) is 4.39 Å². The molecule has 3 rings (SSSR count). The molecular weight excluding hydrogens is 337 g/mol. The number of nitrogens with zero attached hydrogens (tertiary/aromatic N) is 2. The fourth-order valence-electron chi connectivity index (χ4n) is 3.31. The molecule has 0 spiro atoms. The maximum atomic E-state index is 13.3. The highest BCUT2D eigenvalue weighted by molar-refractivity contribution is 5.58. The normalized spacial score (nSPS) is 12.3. The molecule has 3 nitrogen and oxygen atoms in total. The molecular formula is C23H28FN3. The molecule has 2 N–H and O–H groups in total. The van der Waals surface area contributed by atoms with Crippen molar-refractivity contribution in [3.05, 3.63) is 78.0 Å². The predicted octanol–water partition coefficient (Wildman–Crippen LogP) is 5.71. The largest absolute Gasteiger partial charge is 0.329 e. The molecule has 0 aliphatic heterocycles. The van der Waals surface area contributed by atoms with Crippen LogP contribution in [0.1, 0.15) is 56.5 Å². The van der Waals surface area contributed by atoms with Crippen LogP contribution in [0.2, 0.25) is 0 Å². The van der Waals surface area contributed by atoms with E-state index < -0.39 is 0 Å². The number of imidazole rings is 1. The predicted molar refractivity (Wildman–Crippen MR) is 109 cm³/mol. The maximum absolute atomic E-state index is 13.3. The zero-order chi connectivity index (χ0) is 19.1. The van der Waals surface area contributed by atoms with Gasteiger partial charge in [0.25, 0.3) is 0 Å². The molecule has 1 aromatic heterocycles. The van der Waals surface area contributed by atoms with Crippen molar-refractivity contribution >= 4 is 0 Å². The molecule has 0 aliphatic carbocycles. The van der Waals surface area contributed by atoms with E-state index in [0.717, 1.165) is 36.5 Å². The van der Waals surface area contributed by atoms with E-state index in [9.17, 15) is 4.39 Å². The molecule has 1 unspecified atom stereocenters. The van der Waals surface area contributed by atoms with Crippen LogP contribution in [-0.2, 0) is 6.54 Å². The van der Waals surface area contributed by atoms with Crippen LogP contribution in [0.15, 0.2) is 60.8 Å². The summed E-state index contributed by atoms with van der Waals surface area (Å²) in [5.74, 6) is 0.657. The number of halogens is 1. The number of aromatic nitrogens is 2. The third-order valence-electron chi connectivity index (χ3n) is 4.84. The standard InChI is InChI=1S/C23H28FN3/c1-2-3-4-8-11-21(25)23-26-22(19-12-14-20(24)15-13-19)17-27(23)16-18-9-6-5-7-10-18/h5-7,9-10,12-15,17,21H,2-4,8,11,16,25H2,1H3. The van der Waals surface area contributed by atoms with E-state index in [4.69, 9.17) is 10.7 Å². The van der Waals surface area contributed by atoms with Gasteiger partial charge in [0, 0.05) is 18.3 Å². The summed E-state index contributed by atoms with van der Waals surface area (Å²) in [7, 11) is 0. The van der Waals surface area contributed by atoms with Gasteiger partial charge < -0.3 is 10.3 Å². The molecule has 0 aliphatic rings. The third kappa shape index (κ3) is 5.27. The average Bonchev–Trinajstić information content (AvgIpc) is 3.10. The highest BCUT2D eigenvalue weighted by Crippen LogP contribution is 2.25. The number of hydrogen-bond donors (Lipinski definition) is 1. The molecule has 3 aromatic rings. The number of benzene rings is 2. The summed E-state index contributed by atoms with van der Waals surface area (Å²) in [6.07, 6.45) is 7.72. The molecule has 0 fully saturated rings. The Kier molecular flexibility index (Phi) is 6.77. The monoisotopic (exact) mass is 365 g/mol. The first kappa shape index (κ1) is 19.3. The molecule has 0 amide bonds. The first-order chi connectivity index (χ1) is 13.2. The van der Waals surface area contributed by atoms with Gasteiger partial charge in [-0.05, 0) is 36.2 Å². The van der Waals surface area contributed by atoms with E-state index in [1.807, 2.05) is 24.4 Å². The molecule has 142 valence electrons. The van der Waals surface area contributed by atoms with Crippen molar-refractivity contribution in [3.63, 3.8) is 0 Å².